The monoisotopic (exact) mass is 242 g/mol. The molecule has 1 fully saturated rings. The van der Waals surface area contributed by atoms with Crippen LogP contribution in [0.15, 0.2) is 0 Å². The van der Waals surface area contributed by atoms with Crippen LogP contribution >= 0.6 is 0 Å². The zero-order chi connectivity index (χ0) is 13.0. The standard InChI is InChI=1S/C10H18N4O3/c1-13(2)10(17)12-5-4-11-7-6-8(15)14(3)9(7)16/h7,11H,4-6H2,1-3H3,(H,12,17). The van der Waals surface area contributed by atoms with E-state index in [0.29, 0.717) is 13.1 Å². The molecule has 0 saturated carbocycles. The topological polar surface area (TPSA) is 81.8 Å². The molecule has 7 nitrogen and oxygen atoms in total. The zero-order valence-electron chi connectivity index (χ0n) is 10.3. The minimum absolute atomic E-state index is 0.176. The summed E-state index contributed by atoms with van der Waals surface area (Å²) in [4.78, 5) is 36.4. The molecule has 2 N–H and O–H groups in total. The largest absolute Gasteiger partial charge is 0.337 e. The molecule has 1 rings (SSSR count). The second kappa shape index (κ2) is 5.62. The van der Waals surface area contributed by atoms with E-state index in [2.05, 4.69) is 10.6 Å². The molecule has 1 heterocycles. The number of imide groups is 1. The molecule has 4 amide bonds. The predicted octanol–water partition coefficient (Wildman–Crippen LogP) is -1.40. The second-order valence-electron chi connectivity index (χ2n) is 4.13. The van der Waals surface area contributed by atoms with Crippen molar-refractivity contribution in [1.82, 2.24) is 20.4 Å². The van der Waals surface area contributed by atoms with Gasteiger partial charge in [-0.25, -0.2) is 4.79 Å². The lowest BCUT2D eigenvalue weighted by Gasteiger charge is -2.14. The minimum Gasteiger partial charge on any atom is -0.337 e. The summed E-state index contributed by atoms with van der Waals surface area (Å²) >= 11 is 0. The summed E-state index contributed by atoms with van der Waals surface area (Å²) < 4.78 is 0. The van der Waals surface area contributed by atoms with Gasteiger partial charge in [-0.05, 0) is 0 Å². The van der Waals surface area contributed by atoms with Crippen molar-refractivity contribution in [3.05, 3.63) is 0 Å². The Morgan fingerprint density at radius 2 is 2.06 bits per heavy atom. The molecule has 1 atom stereocenters. The van der Waals surface area contributed by atoms with Gasteiger partial charge in [-0.1, -0.05) is 0 Å². The summed E-state index contributed by atoms with van der Waals surface area (Å²) in [6.07, 6.45) is 0.191. The van der Waals surface area contributed by atoms with Crippen molar-refractivity contribution in [3.8, 4) is 0 Å². The number of hydrogen-bond acceptors (Lipinski definition) is 4. The Morgan fingerprint density at radius 3 is 2.53 bits per heavy atom. The fraction of sp³-hybridized carbons (Fsp3) is 0.700. The summed E-state index contributed by atoms with van der Waals surface area (Å²) in [6, 6.07) is -0.637. The highest BCUT2D eigenvalue weighted by Crippen LogP contribution is 2.09. The number of hydrogen-bond donors (Lipinski definition) is 2. The van der Waals surface area contributed by atoms with E-state index in [9.17, 15) is 14.4 Å². The number of carbonyl (C=O) groups excluding carboxylic acids is 3. The van der Waals surface area contributed by atoms with Gasteiger partial charge in [0.25, 0.3) is 0 Å². The molecular weight excluding hydrogens is 224 g/mol. The maximum atomic E-state index is 11.5. The molecule has 0 bridgehead atoms. The van der Waals surface area contributed by atoms with Crippen LogP contribution in [0.1, 0.15) is 6.42 Å². The van der Waals surface area contributed by atoms with Gasteiger partial charge in [0.1, 0.15) is 0 Å². The lowest BCUT2D eigenvalue weighted by Crippen LogP contribution is -2.43. The van der Waals surface area contributed by atoms with Gasteiger partial charge in [-0.3, -0.25) is 14.5 Å². The van der Waals surface area contributed by atoms with Crippen molar-refractivity contribution in [2.24, 2.45) is 0 Å². The zero-order valence-corrected chi connectivity index (χ0v) is 10.3. The molecule has 1 aliphatic rings. The van der Waals surface area contributed by atoms with Crippen molar-refractivity contribution in [1.29, 1.82) is 0 Å². The van der Waals surface area contributed by atoms with Crippen LogP contribution in [0, 0.1) is 0 Å². The van der Waals surface area contributed by atoms with E-state index < -0.39 is 6.04 Å². The third-order valence-electron chi connectivity index (χ3n) is 2.58. The van der Waals surface area contributed by atoms with Crippen LogP contribution in [0.3, 0.4) is 0 Å². The molecule has 0 aliphatic carbocycles. The number of nitrogens with one attached hydrogen (secondary N) is 2. The molecule has 0 aromatic carbocycles. The highest BCUT2D eigenvalue weighted by molar-refractivity contribution is 6.05. The molecule has 0 radical (unpaired) electrons. The Morgan fingerprint density at radius 1 is 1.41 bits per heavy atom. The number of urea groups is 1. The lowest BCUT2D eigenvalue weighted by molar-refractivity contribution is -0.137. The Balaban J connectivity index is 2.22. The fourth-order valence-corrected chi connectivity index (χ4v) is 1.49. The average Bonchev–Trinajstić information content (AvgIpc) is 2.52. The number of nitrogens with zero attached hydrogens (tertiary/aromatic N) is 2. The van der Waals surface area contributed by atoms with Crippen LogP contribution in [-0.2, 0) is 9.59 Å². The molecule has 0 spiro atoms. The van der Waals surface area contributed by atoms with Crippen molar-refractivity contribution in [2.75, 3.05) is 34.2 Å². The van der Waals surface area contributed by atoms with Gasteiger partial charge in [0.15, 0.2) is 0 Å². The normalized spacial score (nSPS) is 19.7. The molecule has 1 saturated heterocycles. The van der Waals surface area contributed by atoms with Gasteiger partial charge in [-0.2, -0.15) is 0 Å². The average molecular weight is 242 g/mol. The summed E-state index contributed by atoms with van der Waals surface area (Å²) in [7, 11) is 4.77. The molecule has 0 aromatic rings. The van der Waals surface area contributed by atoms with E-state index in [4.69, 9.17) is 0 Å². The molecule has 1 aliphatic heterocycles. The minimum atomic E-state index is -0.455. The molecule has 0 aromatic heterocycles. The highest BCUT2D eigenvalue weighted by Gasteiger charge is 2.35. The Bertz CT molecular complexity index is 330. The number of likely N-dealkylation sites (tertiary alicyclic amines) is 1. The van der Waals surface area contributed by atoms with Crippen molar-refractivity contribution >= 4 is 17.8 Å². The first-order valence-electron chi connectivity index (χ1n) is 5.42. The lowest BCUT2D eigenvalue weighted by atomic mass is 10.2. The van der Waals surface area contributed by atoms with E-state index >= 15 is 0 Å². The smallest absolute Gasteiger partial charge is 0.316 e. The SMILES string of the molecule is CN(C)C(=O)NCCNC1CC(=O)N(C)C1=O. The first kappa shape index (κ1) is 13.4. The summed E-state index contributed by atoms with van der Waals surface area (Å²) in [5.74, 6) is -0.390. The van der Waals surface area contributed by atoms with Gasteiger partial charge in [0.2, 0.25) is 11.8 Å². The molecule has 1 unspecified atom stereocenters. The maximum absolute atomic E-state index is 11.5. The van der Waals surface area contributed by atoms with Crippen molar-refractivity contribution in [2.45, 2.75) is 12.5 Å². The molecule has 96 valence electrons. The van der Waals surface area contributed by atoms with E-state index in [1.165, 1.54) is 11.9 Å². The quantitative estimate of drug-likeness (QED) is 0.469. The predicted molar refractivity (Wildman–Crippen MR) is 61.3 cm³/mol. The highest BCUT2D eigenvalue weighted by atomic mass is 16.2. The van der Waals surface area contributed by atoms with Gasteiger partial charge in [0.05, 0.1) is 12.5 Å². The van der Waals surface area contributed by atoms with Gasteiger partial charge in [0, 0.05) is 34.2 Å². The third kappa shape index (κ3) is 3.42. The van der Waals surface area contributed by atoms with Crippen LogP contribution in [0.25, 0.3) is 0 Å². The van der Waals surface area contributed by atoms with E-state index in [1.54, 1.807) is 14.1 Å². The molecule has 17 heavy (non-hydrogen) atoms. The van der Waals surface area contributed by atoms with Crippen LogP contribution in [0.5, 0.6) is 0 Å². The molecule has 7 heteroatoms. The Kier molecular flexibility index (Phi) is 4.45. The summed E-state index contributed by atoms with van der Waals surface area (Å²) in [5.41, 5.74) is 0. The van der Waals surface area contributed by atoms with Crippen LogP contribution in [-0.4, -0.2) is 67.9 Å². The summed E-state index contributed by atoms with van der Waals surface area (Å²) in [6.45, 7) is 0.871. The summed E-state index contributed by atoms with van der Waals surface area (Å²) in [5, 5.41) is 5.60. The van der Waals surface area contributed by atoms with E-state index in [0.717, 1.165) is 4.90 Å². The first-order chi connectivity index (χ1) is 7.93. The first-order valence-corrected chi connectivity index (χ1v) is 5.42. The van der Waals surface area contributed by atoms with Gasteiger partial charge >= 0.3 is 6.03 Å². The molecular formula is C10H18N4O3. The maximum Gasteiger partial charge on any atom is 0.316 e. The Hall–Kier alpha value is -1.63. The van der Waals surface area contributed by atoms with Crippen molar-refractivity contribution in [3.63, 3.8) is 0 Å². The van der Waals surface area contributed by atoms with Crippen LogP contribution in [0.2, 0.25) is 0 Å². The van der Waals surface area contributed by atoms with Crippen LogP contribution in [0.4, 0.5) is 4.79 Å². The van der Waals surface area contributed by atoms with Crippen LogP contribution < -0.4 is 10.6 Å². The number of carbonyl (C=O) groups is 3. The Labute approximate surface area is 100 Å². The second-order valence-corrected chi connectivity index (χ2v) is 4.13. The third-order valence-corrected chi connectivity index (χ3v) is 2.58. The van der Waals surface area contributed by atoms with Gasteiger partial charge < -0.3 is 15.5 Å². The van der Waals surface area contributed by atoms with E-state index in [-0.39, 0.29) is 24.3 Å². The van der Waals surface area contributed by atoms with E-state index in [1.807, 2.05) is 0 Å². The fourth-order valence-electron chi connectivity index (χ4n) is 1.49. The number of rotatable bonds is 4. The van der Waals surface area contributed by atoms with Gasteiger partial charge in [-0.15, -0.1) is 0 Å². The van der Waals surface area contributed by atoms with Crippen molar-refractivity contribution < 1.29 is 14.4 Å². The number of amides is 4. The number of likely N-dealkylation sites (N-methyl/N-ethyl adjacent to an activating group) is 1.